The van der Waals surface area contributed by atoms with Gasteiger partial charge < -0.3 is 0 Å². The van der Waals surface area contributed by atoms with E-state index in [4.69, 9.17) is 0 Å². The zero-order valence-electron chi connectivity index (χ0n) is 10.2. The van der Waals surface area contributed by atoms with Crippen molar-refractivity contribution in [2.75, 3.05) is 0 Å². The van der Waals surface area contributed by atoms with Crippen LogP contribution in [-0.2, 0) is 13.0 Å². The number of nitrogens with one attached hydrogen (secondary N) is 1. The summed E-state index contributed by atoms with van der Waals surface area (Å²) in [7, 11) is 0. The lowest BCUT2D eigenvalue weighted by Gasteiger charge is -2.14. The van der Waals surface area contributed by atoms with Crippen molar-refractivity contribution in [3.63, 3.8) is 0 Å². The molecule has 0 aromatic carbocycles. The van der Waals surface area contributed by atoms with E-state index >= 15 is 0 Å². The van der Waals surface area contributed by atoms with E-state index in [-0.39, 0.29) is 5.92 Å². The van der Waals surface area contributed by atoms with Crippen molar-refractivity contribution in [3.05, 3.63) is 54.9 Å². The SMILES string of the molecule is c1cnc(C(Cc2ncn[nH]2)Cn2cccn2)nc1. The normalized spacial score (nSPS) is 12.4. The Kier molecular flexibility index (Phi) is 3.26. The lowest BCUT2D eigenvalue weighted by atomic mass is 10.0. The monoisotopic (exact) mass is 255 g/mol. The molecule has 0 amide bonds. The van der Waals surface area contributed by atoms with Gasteiger partial charge in [0, 0.05) is 37.1 Å². The summed E-state index contributed by atoms with van der Waals surface area (Å²) in [6, 6.07) is 3.71. The molecule has 7 nitrogen and oxygen atoms in total. The first kappa shape index (κ1) is 11.5. The highest BCUT2D eigenvalue weighted by Gasteiger charge is 2.17. The number of hydrogen-bond acceptors (Lipinski definition) is 5. The second-order valence-corrected chi connectivity index (χ2v) is 4.17. The summed E-state index contributed by atoms with van der Waals surface area (Å²) in [4.78, 5) is 12.8. The summed E-state index contributed by atoms with van der Waals surface area (Å²) < 4.78 is 1.87. The van der Waals surface area contributed by atoms with Crippen LogP contribution in [0.1, 0.15) is 17.6 Å². The topological polar surface area (TPSA) is 85.2 Å². The highest BCUT2D eigenvalue weighted by molar-refractivity contribution is 5.01. The second-order valence-electron chi connectivity index (χ2n) is 4.17. The third-order valence-corrected chi connectivity index (χ3v) is 2.82. The fraction of sp³-hybridized carbons (Fsp3) is 0.250. The second kappa shape index (κ2) is 5.38. The molecule has 0 aliphatic carbocycles. The molecule has 0 radical (unpaired) electrons. The van der Waals surface area contributed by atoms with Gasteiger partial charge in [-0.05, 0) is 12.1 Å². The molecule has 7 heteroatoms. The molecule has 1 atom stereocenters. The minimum atomic E-state index is 0.106. The van der Waals surface area contributed by atoms with Crippen molar-refractivity contribution in [1.82, 2.24) is 34.9 Å². The van der Waals surface area contributed by atoms with Crippen LogP contribution in [0.4, 0.5) is 0 Å². The van der Waals surface area contributed by atoms with E-state index in [2.05, 4.69) is 30.2 Å². The van der Waals surface area contributed by atoms with Gasteiger partial charge in [-0.1, -0.05) is 0 Å². The number of nitrogens with zero attached hydrogens (tertiary/aromatic N) is 6. The van der Waals surface area contributed by atoms with Gasteiger partial charge in [0.15, 0.2) is 0 Å². The molecule has 0 aliphatic rings. The molecule has 19 heavy (non-hydrogen) atoms. The molecule has 0 saturated heterocycles. The number of aromatic nitrogens is 7. The van der Waals surface area contributed by atoms with Gasteiger partial charge in [-0.25, -0.2) is 15.0 Å². The lowest BCUT2D eigenvalue weighted by molar-refractivity contribution is 0.486. The predicted molar refractivity (Wildman–Crippen MR) is 67.1 cm³/mol. The van der Waals surface area contributed by atoms with E-state index in [0.29, 0.717) is 13.0 Å². The van der Waals surface area contributed by atoms with E-state index in [1.165, 1.54) is 6.33 Å². The molecule has 3 aromatic rings. The van der Waals surface area contributed by atoms with Crippen molar-refractivity contribution >= 4 is 0 Å². The number of rotatable bonds is 5. The van der Waals surface area contributed by atoms with Gasteiger partial charge in [0.2, 0.25) is 0 Å². The van der Waals surface area contributed by atoms with Gasteiger partial charge in [-0.3, -0.25) is 9.78 Å². The Morgan fingerprint density at radius 1 is 1.11 bits per heavy atom. The van der Waals surface area contributed by atoms with Gasteiger partial charge in [-0.2, -0.15) is 10.2 Å². The molecule has 0 saturated carbocycles. The molecule has 0 fully saturated rings. The van der Waals surface area contributed by atoms with Gasteiger partial charge in [0.25, 0.3) is 0 Å². The smallest absolute Gasteiger partial charge is 0.137 e. The summed E-state index contributed by atoms with van der Waals surface area (Å²) in [6.45, 7) is 0.706. The molecule has 96 valence electrons. The summed E-state index contributed by atoms with van der Waals surface area (Å²) in [6.07, 6.45) is 9.39. The van der Waals surface area contributed by atoms with Crippen LogP contribution >= 0.6 is 0 Å². The number of aromatic amines is 1. The Bertz CT molecular complexity index is 552. The van der Waals surface area contributed by atoms with Crippen LogP contribution in [0.3, 0.4) is 0 Å². The molecule has 1 unspecified atom stereocenters. The van der Waals surface area contributed by atoms with E-state index < -0.39 is 0 Å². The minimum absolute atomic E-state index is 0.106. The van der Waals surface area contributed by atoms with Gasteiger partial charge in [0.05, 0.1) is 6.54 Å². The van der Waals surface area contributed by atoms with Gasteiger partial charge in [-0.15, -0.1) is 0 Å². The Morgan fingerprint density at radius 3 is 2.68 bits per heavy atom. The van der Waals surface area contributed by atoms with Crippen LogP contribution < -0.4 is 0 Å². The van der Waals surface area contributed by atoms with Crippen molar-refractivity contribution in [3.8, 4) is 0 Å². The first-order valence-electron chi connectivity index (χ1n) is 6.00. The molecule has 0 aliphatic heterocycles. The number of hydrogen-bond donors (Lipinski definition) is 1. The molecule has 0 bridgehead atoms. The standard InChI is InChI=1S/C12H13N7/c1-3-13-12(14-4-1)10(7-11-15-9-16-18-11)8-19-6-2-5-17-19/h1-6,9-10H,7-8H2,(H,15,16,18). The zero-order chi connectivity index (χ0) is 12.9. The maximum Gasteiger partial charge on any atom is 0.137 e. The maximum absolute atomic E-state index is 4.33. The summed E-state index contributed by atoms with van der Waals surface area (Å²) in [5, 5.41) is 11.0. The van der Waals surface area contributed by atoms with Crippen LogP contribution in [0.2, 0.25) is 0 Å². The molecular weight excluding hydrogens is 242 g/mol. The average Bonchev–Trinajstić information content (AvgIpc) is 3.12. The zero-order valence-corrected chi connectivity index (χ0v) is 10.2. The van der Waals surface area contributed by atoms with E-state index in [1.807, 2.05) is 23.0 Å². The van der Waals surface area contributed by atoms with Gasteiger partial charge in [0.1, 0.15) is 18.0 Å². The predicted octanol–water partition coefficient (Wildman–Crippen LogP) is 0.818. The first-order valence-corrected chi connectivity index (χ1v) is 6.00. The third-order valence-electron chi connectivity index (χ3n) is 2.82. The fourth-order valence-electron chi connectivity index (χ4n) is 1.96. The molecule has 3 rings (SSSR count). The highest BCUT2D eigenvalue weighted by atomic mass is 15.3. The third kappa shape index (κ3) is 2.82. The Labute approximate surface area is 109 Å². The van der Waals surface area contributed by atoms with Crippen LogP contribution in [0.5, 0.6) is 0 Å². The summed E-state index contributed by atoms with van der Waals surface area (Å²) >= 11 is 0. The molecular formula is C12H13N7. The average molecular weight is 255 g/mol. The summed E-state index contributed by atoms with van der Waals surface area (Å²) in [5.74, 6) is 1.72. The van der Waals surface area contributed by atoms with Crippen LogP contribution in [-0.4, -0.2) is 34.9 Å². The van der Waals surface area contributed by atoms with E-state index in [9.17, 15) is 0 Å². The molecule has 0 spiro atoms. The molecule has 3 aromatic heterocycles. The molecule has 1 N–H and O–H groups in total. The Hall–Kier alpha value is -2.57. The maximum atomic E-state index is 4.33. The fourth-order valence-corrected chi connectivity index (χ4v) is 1.96. The van der Waals surface area contributed by atoms with Crippen LogP contribution in [0.25, 0.3) is 0 Å². The van der Waals surface area contributed by atoms with Crippen LogP contribution in [0.15, 0.2) is 43.2 Å². The number of H-pyrrole nitrogens is 1. The highest BCUT2D eigenvalue weighted by Crippen LogP contribution is 2.17. The van der Waals surface area contributed by atoms with Crippen LogP contribution in [0, 0.1) is 0 Å². The quantitative estimate of drug-likeness (QED) is 0.729. The Balaban J connectivity index is 1.83. The van der Waals surface area contributed by atoms with Crippen molar-refractivity contribution in [2.45, 2.75) is 18.9 Å². The van der Waals surface area contributed by atoms with Crippen molar-refractivity contribution in [1.29, 1.82) is 0 Å². The summed E-state index contributed by atoms with van der Waals surface area (Å²) in [5.41, 5.74) is 0. The lowest BCUT2D eigenvalue weighted by Crippen LogP contribution is -2.15. The van der Waals surface area contributed by atoms with Crippen molar-refractivity contribution < 1.29 is 0 Å². The van der Waals surface area contributed by atoms with Gasteiger partial charge >= 0.3 is 0 Å². The molecule has 3 heterocycles. The van der Waals surface area contributed by atoms with Crippen molar-refractivity contribution in [2.24, 2.45) is 0 Å². The van der Waals surface area contributed by atoms with E-state index in [0.717, 1.165) is 11.6 Å². The minimum Gasteiger partial charge on any atom is -0.272 e. The van der Waals surface area contributed by atoms with E-state index in [1.54, 1.807) is 18.6 Å². The Morgan fingerprint density at radius 2 is 2.00 bits per heavy atom. The largest absolute Gasteiger partial charge is 0.272 e. The first-order chi connectivity index (χ1) is 9.42.